The van der Waals surface area contributed by atoms with Gasteiger partial charge < -0.3 is 0 Å². The predicted octanol–water partition coefficient (Wildman–Crippen LogP) is 3.31. The molecule has 0 N–H and O–H groups in total. The Kier molecular flexibility index (Phi) is 5.46. The molecule has 0 unspecified atom stereocenters. The second-order valence-electron chi connectivity index (χ2n) is 4.41. The van der Waals surface area contributed by atoms with E-state index in [-0.39, 0.29) is 10.8 Å². The Morgan fingerprint density at radius 2 is 1.90 bits per heavy atom. The molecule has 20 heavy (non-hydrogen) atoms. The number of hydrogen-bond acceptors (Lipinski definition) is 2. The van der Waals surface area contributed by atoms with E-state index in [0.29, 0.717) is 9.87 Å². The van der Waals surface area contributed by atoms with E-state index < -0.39 is 29.2 Å². The zero-order valence-electron chi connectivity index (χ0n) is 11.0. The average molecular weight is 330 g/mol. The van der Waals surface area contributed by atoms with E-state index in [1.807, 2.05) is 0 Å². The van der Waals surface area contributed by atoms with Gasteiger partial charge in [0.1, 0.15) is 0 Å². The molecule has 0 aliphatic carbocycles. The molecule has 1 aromatic carbocycles. The maximum atomic E-state index is 12.1. The summed E-state index contributed by atoms with van der Waals surface area (Å²) in [5.41, 5.74) is 1.47. The van der Waals surface area contributed by atoms with Gasteiger partial charge in [-0.3, -0.25) is 0 Å². The Morgan fingerprint density at radius 3 is 2.40 bits per heavy atom. The van der Waals surface area contributed by atoms with Crippen molar-refractivity contribution in [3.05, 3.63) is 29.3 Å². The first-order valence-electron chi connectivity index (χ1n) is 5.76. The summed E-state index contributed by atoms with van der Waals surface area (Å²) in [5.74, 6) is 0.140. The van der Waals surface area contributed by atoms with Gasteiger partial charge in [-0.25, -0.2) is 12.7 Å². The number of rotatable bonds is 5. The quantitative estimate of drug-likeness (QED) is 0.777. The minimum atomic E-state index is -4.39. The molecule has 0 amide bonds. The lowest BCUT2D eigenvalue weighted by atomic mass is 10.1. The van der Waals surface area contributed by atoms with E-state index in [9.17, 15) is 21.6 Å². The number of nitrogens with zero attached hydrogens (tertiary/aromatic N) is 1. The van der Waals surface area contributed by atoms with Crippen LogP contribution in [0.25, 0.3) is 0 Å². The fourth-order valence-corrected chi connectivity index (χ4v) is 3.05. The van der Waals surface area contributed by atoms with Crippen LogP contribution in [0.15, 0.2) is 23.1 Å². The molecule has 1 rings (SSSR count). The van der Waals surface area contributed by atoms with Crippen molar-refractivity contribution in [2.24, 2.45) is 0 Å². The van der Waals surface area contributed by atoms with E-state index in [0.717, 1.165) is 12.6 Å². The normalized spacial score (nSPS) is 12.9. The van der Waals surface area contributed by atoms with Gasteiger partial charge in [0.15, 0.2) is 0 Å². The van der Waals surface area contributed by atoms with Gasteiger partial charge in [-0.15, -0.1) is 11.6 Å². The van der Waals surface area contributed by atoms with Crippen LogP contribution in [-0.2, 0) is 15.9 Å². The van der Waals surface area contributed by atoms with Crippen LogP contribution in [0.2, 0.25) is 0 Å². The molecule has 0 heterocycles. The number of hydrogen-bond donors (Lipinski definition) is 0. The monoisotopic (exact) mass is 329 g/mol. The second kappa shape index (κ2) is 6.32. The van der Waals surface area contributed by atoms with Gasteiger partial charge in [0.2, 0.25) is 10.0 Å². The van der Waals surface area contributed by atoms with Gasteiger partial charge in [-0.05, 0) is 30.2 Å². The smallest absolute Gasteiger partial charge is 0.207 e. The number of benzene rings is 1. The highest BCUT2D eigenvalue weighted by Gasteiger charge is 2.30. The fraction of sp³-hybridized carbons (Fsp3) is 0.500. The minimum absolute atomic E-state index is 0.0524. The lowest BCUT2D eigenvalue weighted by molar-refractivity contribution is -0.135. The predicted molar refractivity (Wildman–Crippen MR) is 71.2 cm³/mol. The Balaban J connectivity index is 2.98. The Morgan fingerprint density at radius 1 is 1.30 bits per heavy atom. The first-order chi connectivity index (χ1) is 9.08. The number of alkyl halides is 4. The van der Waals surface area contributed by atoms with Crippen LogP contribution >= 0.6 is 11.6 Å². The van der Waals surface area contributed by atoms with Gasteiger partial charge in [0, 0.05) is 19.5 Å². The highest BCUT2D eigenvalue weighted by molar-refractivity contribution is 7.89. The molecule has 0 spiro atoms. The molecule has 3 nitrogen and oxygen atoms in total. The van der Waals surface area contributed by atoms with Crippen molar-refractivity contribution in [3.8, 4) is 0 Å². The van der Waals surface area contributed by atoms with Crippen molar-refractivity contribution in [1.29, 1.82) is 0 Å². The van der Waals surface area contributed by atoms with Crippen LogP contribution in [0.3, 0.4) is 0 Å². The number of aryl methyl sites for hydroxylation is 1. The van der Waals surface area contributed by atoms with Crippen LogP contribution in [0.1, 0.15) is 17.5 Å². The topological polar surface area (TPSA) is 37.4 Å². The van der Waals surface area contributed by atoms with Crippen LogP contribution in [0.5, 0.6) is 0 Å². The third-order valence-electron chi connectivity index (χ3n) is 2.88. The van der Waals surface area contributed by atoms with Crippen LogP contribution in [0.4, 0.5) is 13.2 Å². The molecule has 0 aliphatic heterocycles. The van der Waals surface area contributed by atoms with Crippen LogP contribution in [-0.4, -0.2) is 32.5 Å². The first kappa shape index (κ1) is 17.3. The van der Waals surface area contributed by atoms with Crippen molar-refractivity contribution in [2.75, 3.05) is 13.6 Å². The summed E-state index contributed by atoms with van der Waals surface area (Å²) >= 11 is 5.70. The van der Waals surface area contributed by atoms with Gasteiger partial charge in [-0.2, -0.15) is 13.2 Å². The van der Waals surface area contributed by atoms with Crippen LogP contribution < -0.4 is 0 Å². The summed E-state index contributed by atoms with van der Waals surface area (Å²) < 4.78 is 61.4. The van der Waals surface area contributed by atoms with Crippen molar-refractivity contribution < 1.29 is 21.6 Å². The lowest BCUT2D eigenvalue weighted by Crippen LogP contribution is -2.30. The molecular formula is C12H15ClF3NO2S. The van der Waals surface area contributed by atoms with Crippen molar-refractivity contribution in [2.45, 2.75) is 30.3 Å². The van der Waals surface area contributed by atoms with E-state index in [1.165, 1.54) is 12.1 Å². The molecule has 0 radical (unpaired) electrons. The summed E-state index contributed by atoms with van der Waals surface area (Å²) in [4.78, 5) is -0.0524. The van der Waals surface area contributed by atoms with E-state index in [1.54, 1.807) is 13.0 Å². The van der Waals surface area contributed by atoms with E-state index in [2.05, 4.69) is 0 Å². The SMILES string of the molecule is Cc1ccc(S(=O)(=O)N(C)CCC(F)(F)F)cc1CCl. The zero-order chi connectivity index (χ0) is 15.6. The van der Waals surface area contributed by atoms with Gasteiger partial charge in [0.05, 0.1) is 11.3 Å². The fourth-order valence-electron chi connectivity index (χ4n) is 1.54. The van der Waals surface area contributed by atoms with Crippen LogP contribution in [0, 0.1) is 6.92 Å². The Hall–Kier alpha value is -0.790. The standard InChI is InChI=1S/C12H15ClF3NO2S/c1-9-3-4-11(7-10(9)8-13)20(18,19)17(2)6-5-12(14,15)16/h3-4,7H,5-6,8H2,1-2H3. The first-order valence-corrected chi connectivity index (χ1v) is 7.74. The van der Waals surface area contributed by atoms with Crippen molar-refractivity contribution in [1.82, 2.24) is 4.31 Å². The molecule has 8 heteroatoms. The highest BCUT2D eigenvalue weighted by Crippen LogP contribution is 2.23. The van der Waals surface area contributed by atoms with Gasteiger partial charge in [0.25, 0.3) is 0 Å². The Bertz CT molecular complexity index is 573. The third kappa shape index (κ3) is 4.36. The number of halogens is 4. The zero-order valence-corrected chi connectivity index (χ0v) is 12.6. The van der Waals surface area contributed by atoms with E-state index in [4.69, 9.17) is 11.6 Å². The third-order valence-corrected chi connectivity index (χ3v) is 5.02. The molecule has 0 aliphatic rings. The molecule has 0 bridgehead atoms. The molecule has 1 aromatic rings. The maximum absolute atomic E-state index is 12.1. The Labute approximate surface area is 121 Å². The molecule has 0 atom stereocenters. The molecule has 114 valence electrons. The largest absolute Gasteiger partial charge is 0.390 e. The highest BCUT2D eigenvalue weighted by atomic mass is 35.5. The summed E-state index contributed by atoms with van der Waals surface area (Å²) in [6, 6.07) is 4.34. The minimum Gasteiger partial charge on any atom is -0.207 e. The summed E-state index contributed by atoms with van der Waals surface area (Å²) in [5, 5.41) is 0. The van der Waals surface area contributed by atoms with Gasteiger partial charge >= 0.3 is 6.18 Å². The summed E-state index contributed by atoms with van der Waals surface area (Å²) in [7, 11) is -2.81. The average Bonchev–Trinajstić information content (AvgIpc) is 2.35. The number of sulfonamides is 1. The molecule has 0 saturated carbocycles. The van der Waals surface area contributed by atoms with Crippen molar-refractivity contribution in [3.63, 3.8) is 0 Å². The summed E-state index contributed by atoms with van der Waals surface area (Å²) in [6.07, 6.45) is -5.57. The molecule has 0 fully saturated rings. The van der Waals surface area contributed by atoms with Crippen molar-refractivity contribution >= 4 is 21.6 Å². The van der Waals surface area contributed by atoms with Gasteiger partial charge in [-0.1, -0.05) is 6.07 Å². The summed E-state index contributed by atoms with van der Waals surface area (Å²) in [6.45, 7) is 1.16. The van der Waals surface area contributed by atoms with E-state index >= 15 is 0 Å². The second-order valence-corrected chi connectivity index (χ2v) is 6.73. The lowest BCUT2D eigenvalue weighted by Gasteiger charge is -2.18. The maximum Gasteiger partial charge on any atom is 0.390 e. The molecule has 0 saturated heterocycles. The molecular weight excluding hydrogens is 315 g/mol. The molecule has 0 aromatic heterocycles.